The number of carbonyl (C=O) groups is 1. The number of allylic oxidation sites excluding steroid dienone is 6. The van der Waals surface area contributed by atoms with Gasteiger partial charge in [-0.1, -0.05) is 112 Å². The van der Waals surface area contributed by atoms with Gasteiger partial charge in [0.05, 0.1) is 27.4 Å². The average molecular weight is 1320 g/mol. The highest BCUT2D eigenvalue weighted by molar-refractivity contribution is 7.87. The molecular formula is C63H67ClN9O13S4+. The van der Waals surface area contributed by atoms with Gasteiger partial charge in [-0.15, -0.1) is 10.2 Å². The van der Waals surface area contributed by atoms with E-state index in [0.29, 0.717) is 84.5 Å². The lowest BCUT2D eigenvalue weighted by Crippen LogP contribution is -2.28. The van der Waals surface area contributed by atoms with Gasteiger partial charge in [0.1, 0.15) is 22.2 Å². The fraction of sp³-hybridized carbons (Fsp3) is 0.302. The number of aryl methyl sites for hydroxylation is 1. The van der Waals surface area contributed by atoms with E-state index in [4.69, 9.17) is 16.6 Å². The number of aromatic nitrogens is 6. The molecule has 2 aromatic heterocycles. The second-order valence-electron chi connectivity index (χ2n) is 23.2. The van der Waals surface area contributed by atoms with Crippen molar-refractivity contribution < 1.29 is 61.3 Å². The van der Waals surface area contributed by atoms with Gasteiger partial charge in [-0.2, -0.15) is 43.5 Å². The standard InChI is InChI=1S/C63H66ClN9O13S4/c1-7-9-22-56-66-60(64)51(73(56)38-39-24-26-40(27-25-39)43-18-15-16-19-46(43)61-67-69-70-68-61)37-65-57(74)23-14-11-17-32-72-50-31-29-45-48(34-42(88(78,79)80)36-53(45)90(84,85)86)59(50)63(5,6)55(72)21-13-10-12-20-54-62(3,4)58-47-33-41(87(75,76)77)35-52(89(81,82)83)44(47)28-30-49(58)71(54)8-2/h10,12-13,15-16,18-21,24-31,33-36H,7-9,11,14,17,22-23,32,37-38H2,1-6H3,(H5-,65,67,68,69,70,74,75,76,77,78,79,80,81,82,83,84,85,86)/p+1. The van der Waals surface area contributed by atoms with Crippen LogP contribution < -0.4 is 10.2 Å². The zero-order valence-corrected chi connectivity index (χ0v) is 54.0. The summed E-state index contributed by atoms with van der Waals surface area (Å²) in [6.45, 7) is 13.0. The Morgan fingerprint density at radius 3 is 1.93 bits per heavy atom. The summed E-state index contributed by atoms with van der Waals surface area (Å²) in [6, 6.07) is 26.2. The minimum absolute atomic E-state index is 0.0345. The second kappa shape index (κ2) is 25.1. The number of fused-ring (bicyclic) bond motifs is 6. The van der Waals surface area contributed by atoms with Gasteiger partial charge >= 0.3 is 0 Å². The normalized spacial score (nSPS) is 15.5. The van der Waals surface area contributed by atoms with Crippen LogP contribution in [-0.4, -0.2) is 111 Å². The van der Waals surface area contributed by atoms with Crippen molar-refractivity contribution >= 4 is 96.6 Å². The summed E-state index contributed by atoms with van der Waals surface area (Å²) in [7, 11) is -19.8. The third-order valence-corrected chi connectivity index (χ3v) is 20.5. The molecule has 0 fully saturated rings. The van der Waals surface area contributed by atoms with Crippen LogP contribution >= 0.6 is 11.6 Å². The maximum absolute atomic E-state index is 13.6. The Morgan fingerprint density at radius 2 is 1.33 bits per heavy atom. The van der Waals surface area contributed by atoms with Crippen molar-refractivity contribution in [3.05, 3.63) is 167 Å². The Balaban J connectivity index is 0.891. The molecule has 0 unspecified atom stereocenters. The molecule has 472 valence electrons. The van der Waals surface area contributed by atoms with Crippen molar-refractivity contribution in [2.75, 3.05) is 18.0 Å². The molecular weight excluding hydrogens is 1250 g/mol. The van der Waals surface area contributed by atoms with Crippen LogP contribution in [0.15, 0.2) is 153 Å². The molecule has 4 heterocycles. The highest BCUT2D eigenvalue weighted by Gasteiger charge is 2.46. The molecule has 90 heavy (non-hydrogen) atoms. The summed E-state index contributed by atoms with van der Waals surface area (Å²) in [4.78, 5) is 17.5. The van der Waals surface area contributed by atoms with Crippen LogP contribution in [0.2, 0.25) is 5.15 Å². The van der Waals surface area contributed by atoms with Crippen LogP contribution in [0.5, 0.6) is 0 Å². The Kier molecular flexibility index (Phi) is 18.2. The minimum atomic E-state index is -5.01. The van der Waals surface area contributed by atoms with Crippen LogP contribution in [0.4, 0.5) is 11.4 Å². The van der Waals surface area contributed by atoms with Gasteiger partial charge in [0.2, 0.25) is 17.4 Å². The number of tetrazole rings is 1. The van der Waals surface area contributed by atoms with Crippen molar-refractivity contribution in [1.29, 1.82) is 0 Å². The molecule has 2 aliphatic heterocycles. The number of hydrogen-bond donors (Lipinski definition) is 6. The number of nitrogens with one attached hydrogen (secondary N) is 2. The molecule has 0 aliphatic carbocycles. The number of imidazole rings is 1. The van der Waals surface area contributed by atoms with E-state index >= 15 is 0 Å². The maximum Gasteiger partial charge on any atom is 0.295 e. The number of nitrogens with zero attached hydrogens (tertiary/aromatic N) is 7. The zero-order valence-electron chi connectivity index (χ0n) is 50.0. The van der Waals surface area contributed by atoms with E-state index in [1.54, 1.807) is 30.4 Å². The molecule has 0 saturated carbocycles. The van der Waals surface area contributed by atoms with E-state index in [-0.39, 0.29) is 40.4 Å². The third-order valence-electron chi connectivity index (χ3n) is 16.7. The van der Waals surface area contributed by atoms with E-state index < -0.39 is 70.9 Å². The molecule has 6 N–H and O–H groups in total. The Hall–Kier alpha value is -7.79. The molecule has 0 bridgehead atoms. The highest BCUT2D eigenvalue weighted by atomic mass is 35.5. The number of aromatic amines is 1. The smallest absolute Gasteiger partial charge is 0.295 e. The third kappa shape index (κ3) is 12.9. The van der Waals surface area contributed by atoms with Crippen molar-refractivity contribution in [3.8, 4) is 22.5 Å². The first kappa shape index (κ1) is 65.2. The molecule has 0 radical (unpaired) electrons. The molecule has 8 aromatic rings. The predicted octanol–water partition coefficient (Wildman–Crippen LogP) is 11.1. The average Bonchev–Trinajstić information content (AvgIpc) is 1.52. The monoisotopic (exact) mass is 1320 g/mol. The van der Waals surface area contributed by atoms with Gasteiger partial charge in [-0.05, 0) is 121 Å². The molecule has 6 aromatic carbocycles. The van der Waals surface area contributed by atoms with Crippen molar-refractivity contribution in [3.63, 3.8) is 0 Å². The first-order valence-electron chi connectivity index (χ1n) is 29.0. The van der Waals surface area contributed by atoms with Crippen LogP contribution in [-0.2, 0) is 75.6 Å². The molecule has 10 rings (SSSR count). The molecule has 0 spiro atoms. The lowest BCUT2D eigenvalue weighted by atomic mass is 9.79. The maximum atomic E-state index is 13.6. The van der Waals surface area contributed by atoms with Crippen LogP contribution in [0, 0.1) is 0 Å². The van der Waals surface area contributed by atoms with E-state index in [1.807, 2.05) is 105 Å². The summed E-state index contributed by atoms with van der Waals surface area (Å²) >= 11 is 6.83. The lowest BCUT2D eigenvalue weighted by Gasteiger charge is -2.26. The quantitative estimate of drug-likeness (QED) is 0.0150. The van der Waals surface area contributed by atoms with Gasteiger partial charge in [0.25, 0.3) is 40.5 Å². The van der Waals surface area contributed by atoms with E-state index in [1.165, 1.54) is 24.3 Å². The first-order chi connectivity index (χ1) is 42.4. The predicted molar refractivity (Wildman–Crippen MR) is 343 cm³/mol. The van der Waals surface area contributed by atoms with Crippen LogP contribution in [0.25, 0.3) is 44.1 Å². The molecule has 22 nitrogen and oxygen atoms in total. The van der Waals surface area contributed by atoms with Crippen LogP contribution in [0.1, 0.15) is 108 Å². The van der Waals surface area contributed by atoms with Crippen molar-refractivity contribution in [1.82, 2.24) is 35.5 Å². The van der Waals surface area contributed by atoms with Crippen LogP contribution in [0.3, 0.4) is 0 Å². The number of hydrogen-bond acceptors (Lipinski definition) is 14. The first-order valence-corrected chi connectivity index (χ1v) is 35.1. The number of likely N-dealkylation sites (N-methyl/N-ethyl adjacent to an activating group) is 1. The molecule has 0 saturated heterocycles. The number of benzene rings is 6. The zero-order chi connectivity index (χ0) is 64.9. The summed E-state index contributed by atoms with van der Waals surface area (Å²) < 4.78 is 146. The van der Waals surface area contributed by atoms with Crippen molar-refractivity contribution in [2.45, 2.75) is 130 Å². The van der Waals surface area contributed by atoms with Gasteiger partial charge < -0.3 is 14.8 Å². The summed E-state index contributed by atoms with van der Waals surface area (Å²) in [6.07, 6.45) is 13.5. The molecule has 0 atom stereocenters. The summed E-state index contributed by atoms with van der Waals surface area (Å²) in [5.41, 5.74) is 6.42. The van der Waals surface area contributed by atoms with E-state index in [2.05, 4.69) is 37.4 Å². The van der Waals surface area contributed by atoms with Gasteiger partial charge in [0, 0.05) is 83.2 Å². The number of halogens is 1. The van der Waals surface area contributed by atoms with Gasteiger partial charge in [-0.25, -0.2) is 4.98 Å². The highest BCUT2D eigenvalue weighted by Crippen LogP contribution is 2.52. The largest absolute Gasteiger partial charge is 0.350 e. The van der Waals surface area contributed by atoms with Gasteiger partial charge in [-0.3, -0.25) is 23.0 Å². The summed E-state index contributed by atoms with van der Waals surface area (Å²) in [5.74, 6) is 1.12. The molecule has 27 heteroatoms. The van der Waals surface area contributed by atoms with E-state index in [0.717, 1.165) is 64.5 Å². The topological polar surface area (TPSA) is 325 Å². The van der Waals surface area contributed by atoms with Gasteiger partial charge in [0.15, 0.2) is 10.9 Å². The van der Waals surface area contributed by atoms with E-state index in [9.17, 15) is 56.7 Å². The minimum Gasteiger partial charge on any atom is -0.350 e. The Morgan fingerprint density at radius 1 is 0.700 bits per heavy atom. The number of carbonyl (C=O) groups excluding carboxylic acids is 1. The van der Waals surface area contributed by atoms with Crippen molar-refractivity contribution in [2.24, 2.45) is 0 Å². The SMILES string of the molecule is CCCCc1nc(Cl)c(CNC(=O)CCCCC[N+]2=C(/C=C/C=C/C=C3/N(CC)c4ccc5c(S(=O)(=O)O)cc(S(=O)(=O)O)cc5c4C3(C)C)C(C)(C)c3c2ccc2c(S(=O)(=O)O)cc(S(=O)(=O)O)cc32)n1Cc1ccc(-c2ccccc2-c2nn[nH]n2)cc1. The lowest BCUT2D eigenvalue weighted by molar-refractivity contribution is -0.438. The number of rotatable bonds is 23. The Labute approximate surface area is 527 Å². The molecule has 1 amide bonds. The number of unbranched alkanes of at least 4 members (excludes halogenated alkanes) is 3. The number of amides is 1. The fourth-order valence-electron chi connectivity index (χ4n) is 12.5. The molecule has 2 aliphatic rings. The fourth-order valence-corrected chi connectivity index (χ4v) is 15.5. The number of H-pyrrole nitrogens is 1. The summed E-state index contributed by atoms with van der Waals surface area (Å²) in [5, 5.41) is 18.4. The second-order valence-corrected chi connectivity index (χ2v) is 29.2. The number of anilines is 1. The Bertz CT molecular complexity index is 4790.